The molecule has 0 saturated heterocycles. The number of rotatable bonds is 10. The smallest absolute Gasteiger partial charge is 0.353 e. The lowest BCUT2D eigenvalue weighted by atomic mass is 10.2. The highest BCUT2D eigenvalue weighted by molar-refractivity contribution is 5.93. The van der Waals surface area contributed by atoms with Gasteiger partial charge in [-0.1, -0.05) is 6.07 Å². The topological polar surface area (TPSA) is 155 Å². The molecule has 30 heavy (non-hydrogen) atoms. The van der Waals surface area contributed by atoms with Crippen molar-refractivity contribution >= 4 is 29.2 Å². The third kappa shape index (κ3) is 5.89. The summed E-state index contributed by atoms with van der Waals surface area (Å²) in [6, 6.07) is 9.51. The number of nitro benzene ring substituents is 2. The second-order valence-corrected chi connectivity index (χ2v) is 5.58. The molecule has 0 fully saturated rings. The molecule has 0 saturated carbocycles. The number of hydrogen-bond acceptors (Lipinski definition) is 10. The predicted octanol–water partition coefficient (Wildman–Crippen LogP) is 2.92. The number of hydrogen-bond donors (Lipinski definition) is 1. The number of hydrazone groups is 1. The SMILES string of the molecule is CCOC(=O)C(/C=N/Nc1ccc([N+](=O)[O-])cc1[N+](=O)[O-])Oc1cccc(OC)c1. The molecule has 0 aromatic heterocycles. The molecule has 2 aromatic rings. The van der Waals surface area contributed by atoms with Crippen LogP contribution in [0.4, 0.5) is 17.1 Å². The van der Waals surface area contributed by atoms with Crippen molar-refractivity contribution in [2.24, 2.45) is 5.10 Å². The number of benzene rings is 2. The van der Waals surface area contributed by atoms with Crippen molar-refractivity contribution < 1.29 is 28.9 Å². The normalized spacial score (nSPS) is 11.5. The number of carbonyl (C=O) groups excluding carboxylic acids is 1. The van der Waals surface area contributed by atoms with Crippen LogP contribution in [0.3, 0.4) is 0 Å². The number of nitrogens with zero attached hydrogens (tertiary/aromatic N) is 3. The number of non-ortho nitro benzene ring substituents is 1. The van der Waals surface area contributed by atoms with Crippen molar-refractivity contribution in [3.8, 4) is 11.5 Å². The Hall–Kier alpha value is -4.22. The summed E-state index contributed by atoms with van der Waals surface area (Å²) in [7, 11) is 1.48. The first-order valence-electron chi connectivity index (χ1n) is 8.55. The molecule has 0 aliphatic carbocycles. The predicted molar refractivity (Wildman–Crippen MR) is 106 cm³/mol. The van der Waals surface area contributed by atoms with Gasteiger partial charge in [0, 0.05) is 12.1 Å². The fourth-order valence-electron chi connectivity index (χ4n) is 2.24. The van der Waals surface area contributed by atoms with Crippen molar-refractivity contribution in [3.63, 3.8) is 0 Å². The molecule has 0 heterocycles. The minimum atomic E-state index is -1.26. The zero-order valence-electron chi connectivity index (χ0n) is 16.0. The Morgan fingerprint density at radius 1 is 1.17 bits per heavy atom. The lowest BCUT2D eigenvalue weighted by Crippen LogP contribution is -2.31. The van der Waals surface area contributed by atoms with Crippen molar-refractivity contribution in [3.05, 3.63) is 62.7 Å². The first kappa shape index (κ1) is 22.1. The zero-order valence-corrected chi connectivity index (χ0v) is 16.0. The van der Waals surface area contributed by atoms with Gasteiger partial charge in [0.1, 0.15) is 17.2 Å². The van der Waals surface area contributed by atoms with E-state index >= 15 is 0 Å². The van der Waals surface area contributed by atoms with Gasteiger partial charge in [0.05, 0.1) is 35.8 Å². The molecule has 0 spiro atoms. The van der Waals surface area contributed by atoms with Gasteiger partial charge in [0.15, 0.2) is 0 Å². The zero-order chi connectivity index (χ0) is 22.1. The molecule has 2 aromatic carbocycles. The molecular formula is C18H18N4O8. The van der Waals surface area contributed by atoms with Crippen molar-refractivity contribution in [2.75, 3.05) is 19.1 Å². The van der Waals surface area contributed by atoms with E-state index in [1.807, 2.05) is 0 Å². The van der Waals surface area contributed by atoms with Gasteiger partial charge in [-0.3, -0.25) is 25.7 Å². The summed E-state index contributed by atoms with van der Waals surface area (Å²) < 4.78 is 15.6. The summed E-state index contributed by atoms with van der Waals surface area (Å²) in [5.41, 5.74) is 1.29. The molecule has 0 bridgehead atoms. The molecule has 0 aliphatic rings. The molecule has 0 aliphatic heterocycles. The van der Waals surface area contributed by atoms with Gasteiger partial charge < -0.3 is 14.2 Å². The average Bonchev–Trinajstić information content (AvgIpc) is 2.73. The van der Waals surface area contributed by atoms with Gasteiger partial charge >= 0.3 is 11.7 Å². The van der Waals surface area contributed by atoms with Crippen LogP contribution in [0.1, 0.15) is 6.92 Å². The fourth-order valence-corrected chi connectivity index (χ4v) is 2.24. The van der Waals surface area contributed by atoms with Gasteiger partial charge in [-0.15, -0.1) is 0 Å². The molecule has 12 heteroatoms. The first-order valence-corrected chi connectivity index (χ1v) is 8.55. The Morgan fingerprint density at radius 3 is 2.53 bits per heavy atom. The van der Waals surface area contributed by atoms with Gasteiger partial charge in [0.25, 0.3) is 5.69 Å². The maximum absolute atomic E-state index is 12.2. The minimum absolute atomic E-state index is 0.103. The van der Waals surface area contributed by atoms with E-state index in [-0.39, 0.29) is 12.3 Å². The molecule has 1 N–H and O–H groups in total. The number of esters is 1. The Labute approximate surface area is 170 Å². The van der Waals surface area contributed by atoms with Crippen LogP contribution in [-0.4, -0.2) is 41.9 Å². The van der Waals surface area contributed by atoms with Gasteiger partial charge in [-0.2, -0.15) is 5.10 Å². The number of ether oxygens (including phenoxy) is 3. The number of methoxy groups -OCH3 is 1. The highest BCUT2D eigenvalue weighted by atomic mass is 16.6. The third-order valence-corrected chi connectivity index (χ3v) is 3.61. The van der Waals surface area contributed by atoms with E-state index in [0.29, 0.717) is 11.5 Å². The Balaban J connectivity index is 2.22. The van der Waals surface area contributed by atoms with Crippen molar-refractivity contribution in [1.29, 1.82) is 0 Å². The van der Waals surface area contributed by atoms with E-state index in [0.717, 1.165) is 24.4 Å². The second kappa shape index (κ2) is 10.4. The van der Waals surface area contributed by atoms with Crippen LogP contribution < -0.4 is 14.9 Å². The van der Waals surface area contributed by atoms with Crippen LogP contribution in [0.15, 0.2) is 47.6 Å². The lowest BCUT2D eigenvalue weighted by Gasteiger charge is -2.14. The highest BCUT2D eigenvalue weighted by Crippen LogP contribution is 2.29. The summed E-state index contributed by atoms with van der Waals surface area (Å²) in [6.45, 7) is 1.72. The van der Waals surface area contributed by atoms with Crippen molar-refractivity contribution in [1.82, 2.24) is 0 Å². The quantitative estimate of drug-likeness (QED) is 0.265. The van der Waals surface area contributed by atoms with E-state index in [9.17, 15) is 25.0 Å². The minimum Gasteiger partial charge on any atom is -0.497 e. The van der Waals surface area contributed by atoms with Crippen LogP contribution >= 0.6 is 0 Å². The largest absolute Gasteiger partial charge is 0.497 e. The van der Waals surface area contributed by atoms with Crippen LogP contribution in [0.5, 0.6) is 11.5 Å². The number of nitro groups is 2. The van der Waals surface area contributed by atoms with Crippen LogP contribution in [-0.2, 0) is 9.53 Å². The van der Waals surface area contributed by atoms with Crippen LogP contribution in [0, 0.1) is 20.2 Å². The van der Waals surface area contributed by atoms with Gasteiger partial charge in [-0.05, 0) is 25.1 Å². The van der Waals surface area contributed by atoms with E-state index in [1.165, 1.54) is 7.11 Å². The summed E-state index contributed by atoms with van der Waals surface area (Å²) in [5.74, 6) is 0.0796. The molecule has 0 amide bonds. The molecule has 158 valence electrons. The number of carbonyl (C=O) groups is 1. The highest BCUT2D eigenvalue weighted by Gasteiger charge is 2.22. The molecule has 12 nitrogen and oxygen atoms in total. The molecule has 1 atom stereocenters. The second-order valence-electron chi connectivity index (χ2n) is 5.58. The van der Waals surface area contributed by atoms with Crippen molar-refractivity contribution in [2.45, 2.75) is 13.0 Å². The lowest BCUT2D eigenvalue weighted by molar-refractivity contribution is -0.393. The average molecular weight is 418 g/mol. The van der Waals surface area contributed by atoms with E-state index in [2.05, 4.69) is 10.5 Å². The van der Waals surface area contributed by atoms with Crippen LogP contribution in [0.25, 0.3) is 0 Å². The number of nitrogens with one attached hydrogen (secondary N) is 1. The van der Waals surface area contributed by atoms with Gasteiger partial charge in [-0.25, -0.2) is 4.79 Å². The summed E-state index contributed by atoms with van der Waals surface area (Å²) >= 11 is 0. The molecule has 0 radical (unpaired) electrons. The van der Waals surface area contributed by atoms with Gasteiger partial charge in [0.2, 0.25) is 6.10 Å². The standard InChI is InChI=1S/C18H18N4O8/c1-3-29-18(23)17(30-14-6-4-5-13(10-14)28-2)11-19-20-15-8-7-12(21(24)25)9-16(15)22(26)27/h4-11,17,20H,3H2,1-2H3/b19-11+. The van der Waals surface area contributed by atoms with E-state index in [4.69, 9.17) is 14.2 Å². The molecule has 2 rings (SSSR count). The summed E-state index contributed by atoms with van der Waals surface area (Å²) in [5, 5.41) is 25.8. The Bertz CT molecular complexity index is 963. The fraction of sp³-hybridized carbons (Fsp3) is 0.222. The number of anilines is 1. The monoisotopic (exact) mass is 418 g/mol. The Morgan fingerprint density at radius 2 is 1.90 bits per heavy atom. The maximum atomic E-state index is 12.2. The van der Waals surface area contributed by atoms with E-state index < -0.39 is 33.3 Å². The van der Waals surface area contributed by atoms with E-state index in [1.54, 1.807) is 31.2 Å². The van der Waals surface area contributed by atoms with Crippen LogP contribution in [0.2, 0.25) is 0 Å². The Kier molecular flexibility index (Phi) is 7.62. The molecular weight excluding hydrogens is 400 g/mol. The summed E-state index contributed by atoms with van der Waals surface area (Å²) in [6.07, 6.45) is -0.204. The third-order valence-electron chi connectivity index (χ3n) is 3.61. The molecule has 1 unspecified atom stereocenters. The maximum Gasteiger partial charge on any atom is 0.353 e. The summed E-state index contributed by atoms with van der Waals surface area (Å²) in [4.78, 5) is 32.6. The first-order chi connectivity index (χ1) is 14.3.